The summed E-state index contributed by atoms with van der Waals surface area (Å²) in [5.74, 6) is 1.23. The highest BCUT2D eigenvalue weighted by atomic mass is 16.4. The van der Waals surface area contributed by atoms with Gasteiger partial charge in [-0.15, -0.1) is 5.10 Å². The molecule has 0 aromatic carbocycles. The van der Waals surface area contributed by atoms with Crippen molar-refractivity contribution in [1.29, 1.82) is 0 Å². The quantitative estimate of drug-likeness (QED) is 0.754. The lowest BCUT2D eigenvalue weighted by molar-refractivity contribution is 0.282. The normalized spacial score (nSPS) is 19.0. The Labute approximate surface area is 83.1 Å². The van der Waals surface area contributed by atoms with E-state index in [1.807, 2.05) is 0 Å². The molecule has 1 saturated carbocycles. The molecule has 5 nitrogen and oxygen atoms in total. The number of anilines is 1. The molecular weight excluding hydrogens is 180 g/mol. The van der Waals surface area contributed by atoms with Gasteiger partial charge >= 0.3 is 6.01 Å². The SMILES string of the molecule is CC(Nc1nnc(CN)o1)C1CCC1. The Balaban J connectivity index is 1.89. The van der Waals surface area contributed by atoms with E-state index in [4.69, 9.17) is 10.2 Å². The first kappa shape index (κ1) is 9.45. The van der Waals surface area contributed by atoms with Gasteiger partial charge in [0, 0.05) is 6.04 Å². The van der Waals surface area contributed by atoms with Crippen LogP contribution in [0.3, 0.4) is 0 Å². The maximum Gasteiger partial charge on any atom is 0.315 e. The summed E-state index contributed by atoms with van der Waals surface area (Å²) in [7, 11) is 0. The Morgan fingerprint density at radius 3 is 2.86 bits per heavy atom. The van der Waals surface area contributed by atoms with Crippen LogP contribution in [0.15, 0.2) is 4.42 Å². The van der Waals surface area contributed by atoms with Gasteiger partial charge in [0.2, 0.25) is 5.89 Å². The Bertz CT molecular complexity index is 295. The molecule has 0 radical (unpaired) electrons. The summed E-state index contributed by atoms with van der Waals surface area (Å²) in [4.78, 5) is 0. The van der Waals surface area contributed by atoms with Crippen molar-refractivity contribution in [2.24, 2.45) is 11.7 Å². The van der Waals surface area contributed by atoms with Crippen LogP contribution >= 0.6 is 0 Å². The van der Waals surface area contributed by atoms with Gasteiger partial charge in [0.05, 0.1) is 6.54 Å². The zero-order valence-corrected chi connectivity index (χ0v) is 8.36. The molecule has 0 saturated heterocycles. The first-order valence-electron chi connectivity index (χ1n) is 5.08. The van der Waals surface area contributed by atoms with Crippen molar-refractivity contribution < 1.29 is 4.42 Å². The van der Waals surface area contributed by atoms with Crippen molar-refractivity contribution >= 4 is 6.01 Å². The number of aromatic nitrogens is 2. The first-order chi connectivity index (χ1) is 6.79. The minimum Gasteiger partial charge on any atom is -0.407 e. The highest BCUT2D eigenvalue weighted by Gasteiger charge is 2.24. The van der Waals surface area contributed by atoms with E-state index in [0.717, 1.165) is 5.92 Å². The van der Waals surface area contributed by atoms with Gasteiger partial charge in [-0.05, 0) is 25.7 Å². The van der Waals surface area contributed by atoms with Crippen LogP contribution in [0.1, 0.15) is 32.1 Å². The predicted molar refractivity (Wildman–Crippen MR) is 52.6 cm³/mol. The van der Waals surface area contributed by atoms with Crippen molar-refractivity contribution in [3.05, 3.63) is 5.89 Å². The summed E-state index contributed by atoms with van der Waals surface area (Å²) >= 11 is 0. The van der Waals surface area contributed by atoms with Gasteiger partial charge in [0.1, 0.15) is 0 Å². The summed E-state index contributed by atoms with van der Waals surface area (Å²) < 4.78 is 5.26. The second kappa shape index (κ2) is 3.96. The number of hydrogen-bond acceptors (Lipinski definition) is 5. The van der Waals surface area contributed by atoms with E-state index in [-0.39, 0.29) is 0 Å². The minimum absolute atomic E-state index is 0.298. The molecule has 3 N–H and O–H groups in total. The van der Waals surface area contributed by atoms with Crippen molar-refractivity contribution in [3.8, 4) is 0 Å². The molecular formula is C9H16N4O. The van der Waals surface area contributed by atoms with Gasteiger partial charge in [0.15, 0.2) is 0 Å². The maximum absolute atomic E-state index is 5.37. The van der Waals surface area contributed by atoms with E-state index < -0.39 is 0 Å². The molecule has 1 atom stereocenters. The minimum atomic E-state index is 0.298. The molecule has 1 fully saturated rings. The van der Waals surface area contributed by atoms with Gasteiger partial charge in [-0.25, -0.2) is 0 Å². The fourth-order valence-corrected chi connectivity index (χ4v) is 1.65. The smallest absolute Gasteiger partial charge is 0.315 e. The molecule has 1 aliphatic rings. The predicted octanol–water partition coefficient (Wildman–Crippen LogP) is 1.13. The molecule has 14 heavy (non-hydrogen) atoms. The number of nitrogens with zero attached hydrogens (tertiary/aromatic N) is 2. The molecule has 1 unspecified atom stereocenters. The Morgan fingerprint density at radius 2 is 2.36 bits per heavy atom. The molecule has 0 bridgehead atoms. The monoisotopic (exact) mass is 196 g/mol. The third-order valence-corrected chi connectivity index (χ3v) is 2.85. The molecule has 1 heterocycles. The Kier molecular flexibility index (Phi) is 2.67. The van der Waals surface area contributed by atoms with Crippen LogP contribution < -0.4 is 11.1 Å². The lowest BCUT2D eigenvalue weighted by Gasteiger charge is -2.31. The molecule has 5 heteroatoms. The standard InChI is InChI=1S/C9H16N4O/c1-6(7-3-2-4-7)11-9-13-12-8(5-10)14-9/h6-7H,2-5,10H2,1H3,(H,11,13). The van der Waals surface area contributed by atoms with Crippen molar-refractivity contribution in [2.75, 3.05) is 5.32 Å². The average Bonchev–Trinajstić information content (AvgIpc) is 2.48. The van der Waals surface area contributed by atoms with Crippen molar-refractivity contribution in [3.63, 3.8) is 0 Å². The van der Waals surface area contributed by atoms with Crippen LogP contribution in [-0.2, 0) is 6.54 Å². The van der Waals surface area contributed by atoms with Crippen LogP contribution in [0, 0.1) is 5.92 Å². The Hall–Kier alpha value is -1.10. The van der Waals surface area contributed by atoms with Crippen LogP contribution in [0.25, 0.3) is 0 Å². The first-order valence-corrected chi connectivity index (χ1v) is 5.08. The molecule has 2 rings (SSSR count). The van der Waals surface area contributed by atoms with E-state index >= 15 is 0 Å². The topological polar surface area (TPSA) is 77.0 Å². The largest absolute Gasteiger partial charge is 0.407 e. The third kappa shape index (κ3) is 1.87. The van der Waals surface area contributed by atoms with Crippen molar-refractivity contribution in [1.82, 2.24) is 10.2 Å². The molecule has 78 valence electrons. The summed E-state index contributed by atoms with van der Waals surface area (Å²) in [5.41, 5.74) is 5.37. The third-order valence-electron chi connectivity index (χ3n) is 2.85. The summed E-state index contributed by atoms with van der Waals surface area (Å²) in [6.45, 7) is 2.45. The average molecular weight is 196 g/mol. The summed E-state index contributed by atoms with van der Waals surface area (Å²) in [5, 5.41) is 10.8. The van der Waals surface area contributed by atoms with Gasteiger partial charge in [-0.3, -0.25) is 0 Å². The number of nitrogens with two attached hydrogens (primary N) is 1. The van der Waals surface area contributed by atoms with Gasteiger partial charge in [-0.1, -0.05) is 11.5 Å². The second-order valence-electron chi connectivity index (χ2n) is 3.83. The highest BCUT2D eigenvalue weighted by molar-refractivity contribution is 5.19. The second-order valence-corrected chi connectivity index (χ2v) is 3.83. The number of nitrogens with one attached hydrogen (secondary N) is 1. The maximum atomic E-state index is 5.37. The Morgan fingerprint density at radius 1 is 1.57 bits per heavy atom. The van der Waals surface area contributed by atoms with Crippen LogP contribution in [-0.4, -0.2) is 16.2 Å². The number of rotatable bonds is 4. The lowest BCUT2D eigenvalue weighted by Crippen LogP contribution is -2.30. The van der Waals surface area contributed by atoms with E-state index in [1.54, 1.807) is 0 Å². The number of hydrogen-bond donors (Lipinski definition) is 2. The van der Waals surface area contributed by atoms with Gasteiger partial charge in [-0.2, -0.15) is 0 Å². The van der Waals surface area contributed by atoms with E-state index in [2.05, 4.69) is 22.4 Å². The van der Waals surface area contributed by atoms with Gasteiger partial charge < -0.3 is 15.5 Å². The van der Waals surface area contributed by atoms with E-state index in [1.165, 1.54) is 19.3 Å². The van der Waals surface area contributed by atoms with E-state index in [0.29, 0.717) is 24.5 Å². The molecule has 1 aliphatic carbocycles. The molecule has 0 spiro atoms. The fourth-order valence-electron chi connectivity index (χ4n) is 1.65. The molecule has 0 aliphatic heterocycles. The fraction of sp³-hybridized carbons (Fsp3) is 0.778. The molecule has 1 aromatic heterocycles. The zero-order chi connectivity index (χ0) is 9.97. The summed E-state index contributed by atoms with van der Waals surface area (Å²) in [6, 6.07) is 0.902. The van der Waals surface area contributed by atoms with Crippen LogP contribution in [0.5, 0.6) is 0 Å². The van der Waals surface area contributed by atoms with E-state index in [9.17, 15) is 0 Å². The lowest BCUT2D eigenvalue weighted by atomic mass is 9.80. The van der Waals surface area contributed by atoms with Gasteiger partial charge in [0.25, 0.3) is 0 Å². The van der Waals surface area contributed by atoms with Crippen LogP contribution in [0.2, 0.25) is 0 Å². The van der Waals surface area contributed by atoms with Crippen molar-refractivity contribution in [2.45, 2.75) is 38.8 Å². The van der Waals surface area contributed by atoms with Crippen LogP contribution in [0.4, 0.5) is 6.01 Å². The zero-order valence-electron chi connectivity index (χ0n) is 8.36. The summed E-state index contributed by atoms with van der Waals surface area (Å²) in [6.07, 6.45) is 3.94. The highest BCUT2D eigenvalue weighted by Crippen LogP contribution is 2.30. The molecule has 0 amide bonds. The molecule has 1 aromatic rings.